The van der Waals surface area contributed by atoms with E-state index in [1.165, 1.54) is 0 Å². The van der Waals surface area contributed by atoms with Crippen LogP contribution in [0.2, 0.25) is 0 Å². The Morgan fingerprint density at radius 3 is 2.94 bits per heavy atom. The van der Waals surface area contributed by atoms with Crippen molar-refractivity contribution in [3.63, 3.8) is 0 Å². The number of benzene rings is 1. The molecule has 2 aromatic heterocycles. The summed E-state index contributed by atoms with van der Waals surface area (Å²) >= 11 is 0. The monoisotopic (exact) mass is 240 g/mol. The fourth-order valence-electron chi connectivity index (χ4n) is 1.91. The van der Waals surface area contributed by atoms with Gasteiger partial charge in [0, 0.05) is 11.8 Å². The molecule has 0 N–H and O–H groups in total. The van der Waals surface area contributed by atoms with Crippen LogP contribution in [0.25, 0.3) is 11.2 Å². The van der Waals surface area contributed by atoms with E-state index in [4.69, 9.17) is 4.74 Å². The molecule has 0 radical (unpaired) electrons. The lowest BCUT2D eigenvalue weighted by molar-refractivity contribution is 0.407. The van der Waals surface area contributed by atoms with Gasteiger partial charge in [-0.2, -0.15) is 0 Å². The molecule has 0 aliphatic heterocycles. The molecule has 0 bridgehead atoms. The van der Waals surface area contributed by atoms with Gasteiger partial charge >= 0.3 is 0 Å². The lowest BCUT2D eigenvalue weighted by atomic mass is 10.2. The lowest BCUT2D eigenvalue weighted by Gasteiger charge is -2.07. The third kappa shape index (κ3) is 1.79. The van der Waals surface area contributed by atoms with Crippen molar-refractivity contribution in [1.29, 1.82) is 0 Å². The van der Waals surface area contributed by atoms with Crippen molar-refractivity contribution in [3.05, 3.63) is 48.2 Å². The van der Waals surface area contributed by atoms with E-state index < -0.39 is 0 Å². The Hall–Kier alpha value is -2.43. The minimum Gasteiger partial charge on any atom is -0.496 e. The topological polar surface area (TPSA) is 52.8 Å². The zero-order valence-electron chi connectivity index (χ0n) is 9.95. The molecule has 0 aliphatic carbocycles. The Kier molecular flexibility index (Phi) is 2.64. The van der Waals surface area contributed by atoms with E-state index in [1.807, 2.05) is 36.4 Å². The predicted molar refractivity (Wildman–Crippen MR) is 67.4 cm³/mol. The first kappa shape index (κ1) is 10.7. The average molecular weight is 240 g/mol. The van der Waals surface area contributed by atoms with Crippen LogP contribution >= 0.6 is 0 Å². The number of hydrogen-bond acceptors (Lipinski definition) is 4. The van der Waals surface area contributed by atoms with E-state index in [0.717, 1.165) is 22.5 Å². The van der Waals surface area contributed by atoms with Gasteiger partial charge in [-0.15, -0.1) is 5.10 Å². The van der Waals surface area contributed by atoms with Crippen molar-refractivity contribution in [2.24, 2.45) is 0 Å². The Labute approximate surface area is 104 Å². The fourth-order valence-corrected chi connectivity index (χ4v) is 1.91. The Bertz CT molecular complexity index is 677. The van der Waals surface area contributed by atoms with Crippen LogP contribution in [0.4, 0.5) is 0 Å². The zero-order valence-corrected chi connectivity index (χ0v) is 9.95. The summed E-state index contributed by atoms with van der Waals surface area (Å²) in [6.45, 7) is 0.595. The van der Waals surface area contributed by atoms with Crippen molar-refractivity contribution in [2.45, 2.75) is 6.54 Å². The summed E-state index contributed by atoms with van der Waals surface area (Å²) in [5.41, 5.74) is 2.63. The van der Waals surface area contributed by atoms with E-state index >= 15 is 0 Å². The first-order chi connectivity index (χ1) is 8.88. The molecule has 3 aromatic rings. The largest absolute Gasteiger partial charge is 0.496 e. The summed E-state index contributed by atoms with van der Waals surface area (Å²) in [5.74, 6) is 0.845. The van der Waals surface area contributed by atoms with Crippen LogP contribution in [-0.2, 0) is 6.54 Å². The van der Waals surface area contributed by atoms with Gasteiger partial charge in [-0.25, -0.2) is 9.67 Å². The van der Waals surface area contributed by atoms with Gasteiger partial charge in [0.2, 0.25) is 0 Å². The molecule has 90 valence electrons. The minimum atomic E-state index is 0.595. The number of hydrogen-bond donors (Lipinski definition) is 0. The van der Waals surface area contributed by atoms with E-state index in [0.29, 0.717) is 6.54 Å². The summed E-state index contributed by atoms with van der Waals surface area (Å²) in [6, 6.07) is 11.6. The fraction of sp³-hybridized carbons (Fsp3) is 0.154. The van der Waals surface area contributed by atoms with Gasteiger partial charge in [0.15, 0.2) is 5.65 Å². The number of aromatic nitrogens is 4. The zero-order chi connectivity index (χ0) is 12.4. The summed E-state index contributed by atoms with van der Waals surface area (Å²) in [4.78, 5) is 4.29. The normalized spacial score (nSPS) is 10.7. The molecule has 0 fully saturated rings. The van der Waals surface area contributed by atoms with Crippen molar-refractivity contribution < 1.29 is 4.74 Å². The summed E-state index contributed by atoms with van der Waals surface area (Å²) < 4.78 is 7.10. The van der Waals surface area contributed by atoms with Crippen LogP contribution in [0.1, 0.15) is 5.56 Å². The molecule has 0 unspecified atom stereocenters. The van der Waals surface area contributed by atoms with Gasteiger partial charge < -0.3 is 4.74 Å². The number of fused-ring (bicyclic) bond motifs is 1. The Morgan fingerprint density at radius 2 is 2.06 bits per heavy atom. The molecule has 0 atom stereocenters. The molecule has 5 heteroatoms. The molecule has 2 heterocycles. The summed E-state index contributed by atoms with van der Waals surface area (Å²) in [5, 5.41) is 8.19. The summed E-state index contributed by atoms with van der Waals surface area (Å²) in [6.07, 6.45) is 1.74. The third-order valence-electron chi connectivity index (χ3n) is 2.78. The van der Waals surface area contributed by atoms with E-state index in [9.17, 15) is 0 Å². The number of pyridine rings is 1. The number of rotatable bonds is 3. The number of nitrogens with zero attached hydrogens (tertiary/aromatic N) is 4. The maximum Gasteiger partial charge on any atom is 0.178 e. The lowest BCUT2D eigenvalue weighted by Crippen LogP contribution is -2.04. The highest BCUT2D eigenvalue weighted by atomic mass is 16.5. The van der Waals surface area contributed by atoms with Crippen LogP contribution in [0, 0.1) is 0 Å². The molecular formula is C13H12N4O. The SMILES string of the molecule is COc1ccccc1Cn1nnc2cccnc21. The Balaban J connectivity index is 2.01. The predicted octanol–water partition coefficient (Wildman–Crippen LogP) is 1.88. The van der Waals surface area contributed by atoms with Gasteiger partial charge in [-0.1, -0.05) is 23.4 Å². The van der Waals surface area contributed by atoms with Crippen molar-refractivity contribution in [2.75, 3.05) is 7.11 Å². The van der Waals surface area contributed by atoms with Gasteiger partial charge in [-0.05, 0) is 18.2 Å². The second-order valence-electron chi connectivity index (χ2n) is 3.91. The highest BCUT2D eigenvalue weighted by molar-refractivity contribution is 5.68. The highest BCUT2D eigenvalue weighted by Gasteiger charge is 2.08. The standard InChI is InChI=1S/C13H12N4O/c1-18-12-7-3-2-5-10(12)9-17-13-11(15-16-17)6-4-8-14-13/h2-8H,9H2,1H3. The second-order valence-corrected chi connectivity index (χ2v) is 3.91. The van der Waals surface area contributed by atoms with Crippen LogP contribution in [0.15, 0.2) is 42.6 Å². The molecule has 0 saturated heterocycles. The van der Waals surface area contributed by atoms with Crippen molar-refractivity contribution in [1.82, 2.24) is 20.0 Å². The smallest absolute Gasteiger partial charge is 0.178 e. The minimum absolute atomic E-state index is 0.595. The van der Waals surface area contributed by atoms with Crippen LogP contribution < -0.4 is 4.74 Å². The van der Waals surface area contributed by atoms with E-state index in [-0.39, 0.29) is 0 Å². The number of para-hydroxylation sites is 1. The quantitative estimate of drug-likeness (QED) is 0.701. The molecule has 0 saturated carbocycles. The molecule has 0 spiro atoms. The molecule has 18 heavy (non-hydrogen) atoms. The van der Waals surface area contributed by atoms with Gasteiger partial charge in [0.05, 0.1) is 13.7 Å². The van der Waals surface area contributed by atoms with Crippen LogP contribution in [-0.4, -0.2) is 27.1 Å². The highest BCUT2D eigenvalue weighted by Crippen LogP contribution is 2.19. The van der Waals surface area contributed by atoms with Gasteiger partial charge in [0.1, 0.15) is 11.3 Å². The molecule has 1 aromatic carbocycles. The molecule has 3 rings (SSSR count). The third-order valence-corrected chi connectivity index (χ3v) is 2.78. The van der Waals surface area contributed by atoms with Gasteiger partial charge in [0.25, 0.3) is 0 Å². The van der Waals surface area contributed by atoms with Crippen molar-refractivity contribution in [3.8, 4) is 5.75 Å². The van der Waals surface area contributed by atoms with Crippen LogP contribution in [0.5, 0.6) is 5.75 Å². The first-order valence-corrected chi connectivity index (χ1v) is 5.64. The molecule has 5 nitrogen and oxygen atoms in total. The average Bonchev–Trinajstić information content (AvgIpc) is 2.83. The van der Waals surface area contributed by atoms with Gasteiger partial charge in [-0.3, -0.25) is 0 Å². The second kappa shape index (κ2) is 4.44. The van der Waals surface area contributed by atoms with E-state index in [2.05, 4.69) is 15.3 Å². The number of ether oxygens (including phenoxy) is 1. The molecule has 0 aliphatic rings. The maximum atomic E-state index is 5.32. The van der Waals surface area contributed by atoms with E-state index in [1.54, 1.807) is 18.0 Å². The van der Waals surface area contributed by atoms with Crippen molar-refractivity contribution >= 4 is 11.2 Å². The Morgan fingerprint density at radius 1 is 1.17 bits per heavy atom. The number of methoxy groups -OCH3 is 1. The maximum absolute atomic E-state index is 5.32. The first-order valence-electron chi connectivity index (χ1n) is 5.64. The molecular weight excluding hydrogens is 228 g/mol. The molecule has 0 amide bonds. The van der Waals surface area contributed by atoms with Crippen LogP contribution in [0.3, 0.4) is 0 Å². The summed E-state index contributed by atoms with van der Waals surface area (Å²) in [7, 11) is 1.66.